The number of nitriles is 1. The van der Waals surface area contributed by atoms with Crippen LogP contribution in [0.1, 0.15) is 54.6 Å². The second-order valence-corrected chi connectivity index (χ2v) is 8.33. The SMILES string of the molecule is CC.CN=C(/C(=C\N)c1cc(Cl)c2c(=O)[nH]nc(CN)c2c1)c1c(F)c(C)cc(OC2CC2)c1C#N. The summed E-state index contributed by atoms with van der Waals surface area (Å²) in [5.41, 5.74) is 13.0. The van der Waals surface area contributed by atoms with Crippen molar-refractivity contribution in [2.75, 3.05) is 7.05 Å². The molecule has 1 aromatic heterocycles. The van der Waals surface area contributed by atoms with Crippen LogP contribution in [0.25, 0.3) is 16.3 Å². The molecule has 10 heteroatoms. The maximum atomic E-state index is 15.5. The minimum atomic E-state index is -0.604. The molecule has 2 aromatic carbocycles. The van der Waals surface area contributed by atoms with Gasteiger partial charge in [0.25, 0.3) is 5.56 Å². The molecule has 1 heterocycles. The van der Waals surface area contributed by atoms with Crippen LogP contribution in [0, 0.1) is 24.1 Å². The first-order chi connectivity index (χ1) is 17.3. The van der Waals surface area contributed by atoms with Crippen molar-refractivity contribution in [1.82, 2.24) is 10.2 Å². The molecule has 36 heavy (non-hydrogen) atoms. The average molecular weight is 511 g/mol. The van der Waals surface area contributed by atoms with Crippen LogP contribution in [-0.4, -0.2) is 29.1 Å². The summed E-state index contributed by atoms with van der Waals surface area (Å²) in [6.07, 6.45) is 3.03. The van der Waals surface area contributed by atoms with E-state index in [2.05, 4.69) is 21.3 Å². The Balaban J connectivity index is 0.00000176. The van der Waals surface area contributed by atoms with Crippen LogP contribution >= 0.6 is 11.6 Å². The fourth-order valence-electron chi connectivity index (χ4n) is 3.84. The fraction of sp³-hybridized carbons (Fsp3) is 0.308. The molecule has 3 aromatic rings. The van der Waals surface area contributed by atoms with Crippen molar-refractivity contribution >= 4 is 33.7 Å². The van der Waals surface area contributed by atoms with Crippen molar-refractivity contribution in [2.45, 2.75) is 46.3 Å². The van der Waals surface area contributed by atoms with Crippen LogP contribution in [0.4, 0.5) is 4.39 Å². The van der Waals surface area contributed by atoms with Crippen LogP contribution in [0.5, 0.6) is 5.75 Å². The largest absolute Gasteiger partial charge is 0.489 e. The predicted octanol–water partition coefficient (Wildman–Crippen LogP) is 4.34. The number of nitrogens with two attached hydrogens (primary N) is 2. The zero-order chi connectivity index (χ0) is 26.6. The van der Waals surface area contributed by atoms with Gasteiger partial charge in [-0.05, 0) is 49.1 Å². The van der Waals surface area contributed by atoms with Crippen molar-refractivity contribution in [3.63, 3.8) is 0 Å². The number of ether oxygens (including phenoxy) is 1. The molecule has 0 saturated heterocycles. The fourth-order valence-corrected chi connectivity index (χ4v) is 4.15. The molecule has 0 bridgehead atoms. The lowest BCUT2D eigenvalue weighted by Crippen LogP contribution is -2.16. The number of aromatic amines is 1. The minimum absolute atomic E-state index is 0.0101. The normalized spacial score (nSPS) is 13.7. The molecule has 0 unspecified atom stereocenters. The number of fused-ring (bicyclic) bond motifs is 1. The molecule has 4 rings (SSSR count). The standard InChI is InChI=1S/C24H22ClFN6O2.C2H6/c1-11-5-19(34-13-3-4-13)16(9-28)21(22(11)26)23(30-2)15(8-27)12-6-14-18(10-29)31-32-24(33)20(14)17(25)7-12;1-2/h5-8,13H,3-4,10,27,29H2,1-2H3,(H,32,33);1-2H3/b15-8-,30-23?;. The van der Waals surface area contributed by atoms with Gasteiger partial charge in [0.05, 0.1) is 33.5 Å². The number of rotatable bonds is 6. The zero-order valence-corrected chi connectivity index (χ0v) is 21.3. The first-order valence-corrected chi connectivity index (χ1v) is 11.9. The number of aliphatic imine (C=N–C) groups is 1. The highest BCUT2D eigenvalue weighted by Gasteiger charge is 2.29. The topological polar surface area (TPSA) is 143 Å². The molecule has 0 amide bonds. The summed E-state index contributed by atoms with van der Waals surface area (Å²) in [5.74, 6) is -0.304. The Kier molecular flexibility index (Phi) is 8.45. The lowest BCUT2D eigenvalue weighted by molar-refractivity contribution is 0.301. The van der Waals surface area contributed by atoms with Gasteiger partial charge in [0.2, 0.25) is 0 Å². The van der Waals surface area contributed by atoms with Crippen molar-refractivity contribution < 1.29 is 9.13 Å². The molecule has 0 spiro atoms. The Bertz CT molecular complexity index is 1470. The first-order valence-electron chi connectivity index (χ1n) is 11.5. The number of halogens is 2. The molecule has 1 saturated carbocycles. The number of H-pyrrole nitrogens is 1. The van der Waals surface area contributed by atoms with Gasteiger partial charge in [0, 0.05) is 30.8 Å². The van der Waals surface area contributed by atoms with Crippen LogP contribution in [0.15, 0.2) is 34.2 Å². The zero-order valence-electron chi connectivity index (χ0n) is 20.6. The molecule has 0 radical (unpaired) electrons. The van der Waals surface area contributed by atoms with E-state index in [-0.39, 0.29) is 39.9 Å². The molecule has 5 N–H and O–H groups in total. The van der Waals surface area contributed by atoms with E-state index < -0.39 is 11.4 Å². The minimum Gasteiger partial charge on any atom is -0.489 e. The Morgan fingerprint density at radius 3 is 2.64 bits per heavy atom. The summed E-state index contributed by atoms with van der Waals surface area (Å²) in [6, 6.07) is 6.77. The number of allylic oxidation sites excluding steroid dienone is 1. The third-order valence-electron chi connectivity index (χ3n) is 5.65. The smallest absolute Gasteiger partial charge is 0.273 e. The van der Waals surface area contributed by atoms with Gasteiger partial charge in [-0.1, -0.05) is 25.4 Å². The lowest BCUT2D eigenvalue weighted by atomic mass is 9.90. The van der Waals surface area contributed by atoms with Crippen LogP contribution in [0.2, 0.25) is 5.02 Å². The number of benzene rings is 2. The Morgan fingerprint density at radius 1 is 1.39 bits per heavy atom. The van der Waals surface area contributed by atoms with E-state index in [4.69, 9.17) is 27.8 Å². The number of hydrogen-bond donors (Lipinski definition) is 3. The maximum absolute atomic E-state index is 15.5. The molecule has 188 valence electrons. The van der Waals surface area contributed by atoms with Gasteiger partial charge in [-0.3, -0.25) is 9.79 Å². The predicted molar refractivity (Wildman–Crippen MR) is 141 cm³/mol. The third-order valence-corrected chi connectivity index (χ3v) is 5.94. The monoisotopic (exact) mass is 510 g/mol. The third kappa shape index (κ3) is 4.96. The van der Waals surface area contributed by atoms with E-state index >= 15 is 4.39 Å². The number of hydrogen-bond acceptors (Lipinski definition) is 7. The summed E-state index contributed by atoms with van der Waals surface area (Å²) in [4.78, 5) is 16.6. The number of aryl methyl sites for hydroxylation is 1. The second-order valence-electron chi connectivity index (χ2n) is 7.92. The van der Waals surface area contributed by atoms with Crippen LogP contribution in [0.3, 0.4) is 0 Å². The number of nitrogens with zero attached hydrogens (tertiary/aromatic N) is 3. The molecule has 1 aliphatic rings. The van der Waals surface area contributed by atoms with E-state index in [9.17, 15) is 10.1 Å². The summed E-state index contributed by atoms with van der Waals surface area (Å²) >= 11 is 6.45. The van der Waals surface area contributed by atoms with Crippen molar-refractivity contribution in [1.29, 1.82) is 5.26 Å². The van der Waals surface area contributed by atoms with Gasteiger partial charge >= 0.3 is 0 Å². The van der Waals surface area contributed by atoms with E-state index in [0.29, 0.717) is 33.5 Å². The highest BCUT2D eigenvalue weighted by atomic mass is 35.5. The molecule has 1 fully saturated rings. The van der Waals surface area contributed by atoms with E-state index in [1.807, 2.05) is 13.8 Å². The average Bonchev–Trinajstić information content (AvgIpc) is 3.70. The highest BCUT2D eigenvalue weighted by Crippen LogP contribution is 2.36. The maximum Gasteiger partial charge on any atom is 0.273 e. The molecule has 0 aliphatic heterocycles. The molecule has 0 atom stereocenters. The summed E-state index contributed by atoms with van der Waals surface area (Å²) < 4.78 is 21.4. The van der Waals surface area contributed by atoms with Crippen LogP contribution in [-0.2, 0) is 6.54 Å². The van der Waals surface area contributed by atoms with Gasteiger partial charge in [-0.25, -0.2) is 9.49 Å². The summed E-state index contributed by atoms with van der Waals surface area (Å²) in [7, 11) is 1.48. The van der Waals surface area contributed by atoms with Gasteiger partial charge in [0.1, 0.15) is 23.2 Å². The molecule has 1 aliphatic carbocycles. The summed E-state index contributed by atoms with van der Waals surface area (Å²) in [5, 5.41) is 17.1. The Hall–Kier alpha value is -3.74. The summed E-state index contributed by atoms with van der Waals surface area (Å²) in [6.45, 7) is 5.65. The molecular weight excluding hydrogens is 483 g/mol. The van der Waals surface area contributed by atoms with Gasteiger partial charge in [-0.15, -0.1) is 0 Å². The van der Waals surface area contributed by atoms with Gasteiger partial charge < -0.3 is 16.2 Å². The van der Waals surface area contributed by atoms with Crippen molar-refractivity contribution in [2.24, 2.45) is 16.5 Å². The molecule has 8 nitrogen and oxygen atoms in total. The highest BCUT2D eigenvalue weighted by molar-refractivity contribution is 6.37. The second kappa shape index (κ2) is 11.3. The van der Waals surface area contributed by atoms with Crippen molar-refractivity contribution in [3.05, 3.63) is 73.5 Å². The number of aromatic nitrogens is 2. The van der Waals surface area contributed by atoms with E-state index in [1.165, 1.54) is 25.4 Å². The molecular formula is C26H28ClFN6O2. The Morgan fingerprint density at radius 2 is 2.08 bits per heavy atom. The lowest BCUT2D eigenvalue weighted by Gasteiger charge is -2.18. The quantitative estimate of drug-likeness (QED) is 0.421. The van der Waals surface area contributed by atoms with Crippen LogP contribution < -0.4 is 21.8 Å². The van der Waals surface area contributed by atoms with Gasteiger partial charge in [-0.2, -0.15) is 10.4 Å². The first kappa shape index (κ1) is 26.9. The Labute approximate surface area is 213 Å². The van der Waals surface area contributed by atoms with E-state index in [1.54, 1.807) is 13.0 Å². The number of nitrogens with one attached hydrogen (secondary N) is 1. The van der Waals surface area contributed by atoms with Gasteiger partial charge in [0.15, 0.2) is 0 Å². The van der Waals surface area contributed by atoms with E-state index in [0.717, 1.165) is 12.8 Å². The van der Waals surface area contributed by atoms with Crippen molar-refractivity contribution in [3.8, 4) is 11.8 Å².